The zero-order valence-electron chi connectivity index (χ0n) is 10.9. The smallest absolute Gasteiger partial charge is 0.0254 e. The Morgan fingerprint density at radius 3 is 2.12 bits per heavy atom. The van der Waals surface area contributed by atoms with E-state index in [0.717, 1.165) is 31.2 Å². The van der Waals surface area contributed by atoms with E-state index in [9.17, 15) is 0 Å². The Hall–Kier alpha value is -0.120. The Balaban J connectivity index is 2.01. The number of nitrogens with two attached hydrogens (primary N) is 1. The molecule has 0 aromatic heterocycles. The van der Waals surface area contributed by atoms with Crippen LogP contribution in [0.3, 0.4) is 0 Å². The van der Waals surface area contributed by atoms with E-state index in [2.05, 4.69) is 23.9 Å². The van der Waals surface area contributed by atoms with Gasteiger partial charge in [0.25, 0.3) is 0 Å². The van der Waals surface area contributed by atoms with Crippen molar-refractivity contribution in [1.82, 2.24) is 9.80 Å². The molecule has 0 amide bonds. The molecule has 2 aliphatic carbocycles. The van der Waals surface area contributed by atoms with Crippen molar-refractivity contribution in [3.05, 3.63) is 0 Å². The van der Waals surface area contributed by atoms with Crippen molar-refractivity contribution in [3.8, 4) is 0 Å². The van der Waals surface area contributed by atoms with Gasteiger partial charge in [-0.25, -0.2) is 0 Å². The fourth-order valence-electron chi connectivity index (χ4n) is 3.26. The van der Waals surface area contributed by atoms with Crippen molar-refractivity contribution < 1.29 is 0 Å². The summed E-state index contributed by atoms with van der Waals surface area (Å²) in [5.74, 6) is 0. The molecule has 0 radical (unpaired) electrons. The van der Waals surface area contributed by atoms with Gasteiger partial charge in [-0.05, 0) is 39.8 Å². The highest BCUT2D eigenvalue weighted by Crippen LogP contribution is 2.34. The van der Waals surface area contributed by atoms with E-state index in [1.165, 1.54) is 38.5 Å². The van der Waals surface area contributed by atoms with Gasteiger partial charge in [0.05, 0.1) is 0 Å². The normalized spacial score (nSPS) is 31.3. The maximum absolute atomic E-state index is 5.77. The summed E-state index contributed by atoms with van der Waals surface area (Å²) < 4.78 is 0. The molecule has 94 valence electrons. The largest absolute Gasteiger partial charge is 0.329 e. The number of rotatable bonds is 5. The first-order valence-electron chi connectivity index (χ1n) is 6.86. The maximum atomic E-state index is 5.77. The van der Waals surface area contributed by atoms with Gasteiger partial charge >= 0.3 is 0 Å². The number of hydrogen-bond donors (Lipinski definition) is 1. The highest BCUT2D eigenvalue weighted by molar-refractivity contribution is 4.95. The minimum Gasteiger partial charge on any atom is -0.329 e. The van der Waals surface area contributed by atoms with Crippen LogP contribution in [0.2, 0.25) is 0 Å². The average molecular weight is 225 g/mol. The first-order valence-corrected chi connectivity index (χ1v) is 6.86. The molecule has 3 heteroatoms. The van der Waals surface area contributed by atoms with Crippen molar-refractivity contribution in [2.75, 3.05) is 27.2 Å². The van der Waals surface area contributed by atoms with Crippen LogP contribution in [0.5, 0.6) is 0 Å². The first-order chi connectivity index (χ1) is 7.74. The zero-order valence-corrected chi connectivity index (χ0v) is 10.9. The quantitative estimate of drug-likeness (QED) is 0.765. The Morgan fingerprint density at radius 1 is 1.00 bits per heavy atom. The molecule has 16 heavy (non-hydrogen) atoms. The van der Waals surface area contributed by atoms with Crippen LogP contribution < -0.4 is 5.73 Å². The lowest BCUT2D eigenvalue weighted by Gasteiger charge is -2.43. The molecule has 2 rings (SSSR count). The van der Waals surface area contributed by atoms with Crippen molar-refractivity contribution in [3.63, 3.8) is 0 Å². The molecule has 0 aromatic carbocycles. The summed E-state index contributed by atoms with van der Waals surface area (Å²) in [6.07, 6.45) is 8.35. The van der Waals surface area contributed by atoms with Gasteiger partial charge in [0.1, 0.15) is 0 Å². The number of likely N-dealkylation sites (N-methyl/N-ethyl adjacent to an activating group) is 1. The van der Waals surface area contributed by atoms with Crippen molar-refractivity contribution in [1.29, 1.82) is 0 Å². The maximum Gasteiger partial charge on any atom is 0.0254 e. The van der Waals surface area contributed by atoms with Gasteiger partial charge in [-0.3, -0.25) is 4.90 Å². The molecule has 2 N–H and O–H groups in total. The van der Waals surface area contributed by atoms with Gasteiger partial charge in [0.2, 0.25) is 0 Å². The molecule has 2 saturated carbocycles. The molecule has 2 fully saturated rings. The standard InChI is InChI=1S/C13H27N3/c1-15(2)12-5-3-4-6-13(12)16(10-9-14)11-7-8-11/h11-13H,3-10,14H2,1-2H3/t12-,13-/m1/s1. The highest BCUT2D eigenvalue weighted by atomic mass is 15.3. The third-order valence-electron chi connectivity index (χ3n) is 4.19. The zero-order chi connectivity index (χ0) is 11.5. The topological polar surface area (TPSA) is 32.5 Å². The summed E-state index contributed by atoms with van der Waals surface area (Å²) in [5, 5.41) is 0. The number of hydrogen-bond acceptors (Lipinski definition) is 3. The molecular weight excluding hydrogens is 198 g/mol. The molecule has 0 bridgehead atoms. The summed E-state index contributed by atoms with van der Waals surface area (Å²) in [4.78, 5) is 5.14. The average Bonchev–Trinajstić information content (AvgIpc) is 3.10. The van der Waals surface area contributed by atoms with Crippen molar-refractivity contribution >= 4 is 0 Å². The summed E-state index contributed by atoms with van der Waals surface area (Å²) in [6, 6.07) is 2.37. The first kappa shape index (κ1) is 12.3. The fourth-order valence-corrected chi connectivity index (χ4v) is 3.26. The molecule has 0 spiro atoms. The van der Waals surface area contributed by atoms with Crippen LogP contribution in [0.1, 0.15) is 38.5 Å². The summed E-state index contributed by atoms with van der Waals surface area (Å²) in [5.41, 5.74) is 5.77. The molecule has 3 nitrogen and oxygen atoms in total. The van der Waals surface area contributed by atoms with E-state index in [4.69, 9.17) is 5.73 Å². The summed E-state index contributed by atoms with van der Waals surface area (Å²) >= 11 is 0. The monoisotopic (exact) mass is 225 g/mol. The van der Waals surface area contributed by atoms with Gasteiger partial charge < -0.3 is 10.6 Å². The van der Waals surface area contributed by atoms with Crippen LogP contribution in [0, 0.1) is 0 Å². The van der Waals surface area contributed by atoms with E-state index in [1.807, 2.05) is 0 Å². The van der Waals surface area contributed by atoms with E-state index in [0.29, 0.717) is 0 Å². The van der Waals surface area contributed by atoms with Crippen LogP contribution >= 0.6 is 0 Å². The van der Waals surface area contributed by atoms with Gasteiger partial charge in [-0.2, -0.15) is 0 Å². The Morgan fingerprint density at radius 2 is 1.62 bits per heavy atom. The second-order valence-electron chi connectivity index (χ2n) is 5.64. The molecule has 0 aliphatic heterocycles. The summed E-state index contributed by atoms with van der Waals surface area (Å²) in [6.45, 7) is 1.91. The molecule has 0 unspecified atom stereocenters. The van der Waals surface area contributed by atoms with Crippen LogP contribution in [0.15, 0.2) is 0 Å². The minimum atomic E-state index is 0.751. The molecule has 0 saturated heterocycles. The second-order valence-corrected chi connectivity index (χ2v) is 5.64. The van der Waals surface area contributed by atoms with Crippen LogP contribution in [-0.4, -0.2) is 55.1 Å². The fraction of sp³-hybridized carbons (Fsp3) is 1.00. The van der Waals surface area contributed by atoms with E-state index < -0.39 is 0 Å². The van der Waals surface area contributed by atoms with E-state index in [-0.39, 0.29) is 0 Å². The lowest BCUT2D eigenvalue weighted by molar-refractivity contribution is 0.0700. The minimum absolute atomic E-state index is 0.751. The van der Waals surface area contributed by atoms with Crippen molar-refractivity contribution in [2.24, 2.45) is 5.73 Å². The van der Waals surface area contributed by atoms with Gasteiger partial charge in [-0.15, -0.1) is 0 Å². The molecule has 0 aromatic rings. The van der Waals surface area contributed by atoms with Gasteiger partial charge in [-0.1, -0.05) is 12.8 Å². The SMILES string of the molecule is CN(C)[C@@H]1CCCC[C@H]1N(CCN)C1CC1. The lowest BCUT2D eigenvalue weighted by Crippen LogP contribution is -2.53. The molecule has 2 atom stereocenters. The molecular formula is C13H27N3. The predicted octanol–water partition coefficient (Wildman–Crippen LogP) is 1.28. The van der Waals surface area contributed by atoms with E-state index >= 15 is 0 Å². The highest BCUT2D eigenvalue weighted by Gasteiger charge is 2.38. The van der Waals surface area contributed by atoms with E-state index in [1.54, 1.807) is 0 Å². The van der Waals surface area contributed by atoms with Gasteiger partial charge in [0, 0.05) is 31.2 Å². The van der Waals surface area contributed by atoms with Gasteiger partial charge in [0.15, 0.2) is 0 Å². The third kappa shape index (κ3) is 2.76. The molecule has 0 heterocycles. The Labute approximate surface area is 100.0 Å². The van der Waals surface area contributed by atoms with Crippen LogP contribution in [0.4, 0.5) is 0 Å². The van der Waals surface area contributed by atoms with Crippen LogP contribution in [0.25, 0.3) is 0 Å². The van der Waals surface area contributed by atoms with Crippen LogP contribution in [-0.2, 0) is 0 Å². The summed E-state index contributed by atoms with van der Waals surface area (Å²) in [7, 11) is 4.47. The predicted molar refractivity (Wildman–Crippen MR) is 68.5 cm³/mol. The van der Waals surface area contributed by atoms with Crippen molar-refractivity contribution in [2.45, 2.75) is 56.7 Å². The third-order valence-corrected chi connectivity index (χ3v) is 4.19. The second kappa shape index (κ2) is 5.48. The number of nitrogens with zero attached hydrogens (tertiary/aromatic N) is 2. The Bertz CT molecular complexity index is 213. The molecule has 2 aliphatic rings. The lowest BCUT2D eigenvalue weighted by atomic mass is 9.88. The Kier molecular flexibility index (Phi) is 4.22.